The Morgan fingerprint density at radius 2 is 2.17 bits per heavy atom. The molecule has 0 saturated carbocycles. The number of nitrogens with zero attached hydrogens (tertiary/aromatic N) is 5. The predicted molar refractivity (Wildman–Crippen MR) is 94.2 cm³/mol. The number of carbonyl (C=O) groups is 1. The summed E-state index contributed by atoms with van der Waals surface area (Å²) < 4.78 is 0. The molecule has 0 radical (unpaired) electrons. The van der Waals surface area contributed by atoms with E-state index >= 15 is 0 Å². The summed E-state index contributed by atoms with van der Waals surface area (Å²) in [5.74, 6) is 0. The maximum atomic E-state index is 12.1. The van der Waals surface area contributed by atoms with E-state index in [1.54, 1.807) is 41.9 Å². The molecule has 1 saturated heterocycles. The number of hydrogen-bond donors (Lipinski definition) is 1. The van der Waals surface area contributed by atoms with Gasteiger partial charge in [0.1, 0.15) is 0 Å². The molecule has 0 atom stereocenters. The molecule has 0 aromatic carbocycles. The van der Waals surface area contributed by atoms with Crippen molar-refractivity contribution in [1.82, 2.24) is 25.2 Å². The maximum Gasteiger partial charge on any atom is 0.317 e. The van der Waals surface area contributed by atoms with Gasteiger partial charge in [-0.2, -0.15) is 0 Å². The number of nitrogens with one attached hydrogen (secondary N) is 1. The summed E-state index contributed by atoms with van der Waals surface area (Å²) in [5.41, 5.74) is 1.81. The number of anilines is 1. The van der Waals surface area contributed by atoms with Crippen LogP contribution in [0.4, 0.5) is 9.93 Å². The third kappa shape index (κ3) is 4.41. The van der Waals surface area contributed by atoms with Crippen LogP contribution in [0.3, 0.4) is 0 Å². The predicted octanol–water partition coefficient (Wildman–Crippen LogP) is 1.92. The topological polar surface area (TPSA) is 74.2 Å². The third-order valence-electron chi connectivity index (χ3n) is 3.94. The lowest BCUT2D eigenvalue weighted by molar-refractivity contribution is 0.206. The van der Waals surface area contributed by atoms with E-state index in [1.807, 2.05) is 0 Å². The molecule has 0 spiro atoms. The fraction of sp³-hybridized carbons (Fsp3) is 0.500. The SMILES string of the molecule is CN(Cc1cnccn1)C(=O)NCCc1csc(N2CCCC2)n1. The number of carbonyl (C=O) groups excluding carboxylic acids is 1. The lowest BCUT2D eigenvalue weighted by Gasteiger charge is -2.17. The average Bonchev–Trinajstić information content (AvgIpc) is 3.27. The first-order chi connectivity index (χ1) is 11.7. The molecule has 1 aliphatic heterocycles. The molecule has 8 heteroatoms. The zero-order chi connectivity index (χ0) is 16.8. The van der Waals surface area contributed by atoms with Crippen molar-refractivity contribution in [1.29, 1.82) is 0 Å². The molecule has 128 valence electrons. The molecule has 1 fully saturated rings. The monoisotopic (exact) mass is 346 g/mol. The molecule has 3 heterocycles. The van der Waals surface area contributed by atoms with Crippen molar-refractivity contribution in [3.63, 3.8) is 0 Å². The standard InChI is InChI=1S/C16H22N6OS/c1-21(11-14-10-17-6-7-18-14)15(23)19-5-4-13-12-24-16(20-13)22-8-2-3-9-22/h6-7,10,12H,2-5,8-9,11H2,1H3,(H,19,23). The Morgan fingerprint density at radius 1 is 1.33 bits per heavy atom. The van der Waals surface area contributed by atoms with Crippen LogP contribution >= 0.6 is 11.3 Å². The average molecular weight is 346 g/mol. The minimum absolute atomic E-state index is 0.115. The van der Waals surface area contributed by atoms with Crippen molar-refractivity contribution >= 4 is 22.5 Å². The Labute approximate surface area is 145 Å². The van der Waals surface area contributed by atoms with Crippen molar-refractivity contribution in [2.24, 2.45) is 0 Å². The van der Waals surface area contributed by atoms with Crippen molar-refractivity contribution in [3.05, 3.63) is 35.4 Å². The van der Waals surface area contributed by atoms with E-state index in [1.165, 1.54) is 12.8 Å². The van der Waals surface area contributed by atoms with Crippen LogP contribution in [-0.2, 0) is 13.0 Å². The third-order valence-corrected chi connectivity index (χ3v) is 4.89. The van der Waals surface area contributed by atoms with Crippen LogP contribution < -0.4 is 10.2 Å². The van der Waals surface area contributed by atoms with E-state index in [0.717, 1.165) is 36.0 Å². The van der Waals surface area contributed by atoms with Crippen LogP contribution in [0.5, 0.6) is 0 Å². The Morgan fingerprint density at radius 3 is 2.92 bits per heavy atom. The zero-order valence-corrected chi connectivity index (χ0v) is 14.6. The minimum Gasteiger partial charge on any atom is -0.348 e. The molecule has 2 amide bonds. The summed E-state index contributed by atoms with van der Waals surface area (Å²) in [6.07, 6.45) is 8.16. The molecule has 1 aliphatic rings. The van der Waals surface area contributed by atoms with Gasteiger partial charge in [-0.3, -0.25) is 9.97 Å². The highest BCUT2D eigenvalue weighted by atomic mass is 32.1. The smallest absolute Gasteiger partial charge is 0.317 e. The second-order valence-electron chi connectivity index (χ2n) is 5.85. The number of rotatable bonds is 6. The number of amides is 2. The van der Waals surface area contributed by atoms with E-state index in [0.29, 0.717) is 13.1 Å². The van der Waals surface area contributed by atoms with E-state index in [-0.39, 0.29) is 6.03 Å². The fourth-order valence-corrected chi connectivity index (χ4v) is 3.54. The van der Waals surface area contributed by atoms with Crippen molar-refractivity contribution in [3.8, 4) is 0 Å². The van der Waals surface area contributed by atoms with Gasteiger partial charge in [0.25, 0.3) is 0 Å². The van der Waals surface area contributed by atoms with Crippen LogP contribution in [-0.4, -0.2) is 52.6 Å². The second-order valence-corrected chi connectivity index (χ2v) is 6.69. The Kier molecular flexibility index (Phi) is 5.58. The van der Waals surface area contributed by atoms with E-state index in [4.69, 9.17) is 0 Å². The number of thiazole rings is 1. The van der Waals surface area contributed by atoms with Crippen LogP contribution in [0.1, 0.15) is 24.2 Å². The normalized spacial score (nSPS) is 14.0. The summed E-state index contributed by atoms with van der Waals surface area (Å²) in [7, 11) is 1.75. The lowest BCUT2D eigenvalue weighted by Crippen LogP contribution is -2.38. The van der Waals surface area contributed by atoms with Crippen molar-refractivity contribution in [2.45, 2.75) is 25.8 Å². The van der Waals surface area contributed by atoms with E-state index in [2.05, 4.69) is 30.5 Å². The summed E-state index contributed by atoms with van der Waals surface area (Å²) in [4.78, 5) is 28.9. The lowest BCUT2D eigenvalue weighted by atomic mass is 10.3. The van der Waals surface area contributed by atoms with Gasteiger partial charge < -0.3 is 15.1 Å². The van der Waals surface area contributed by atoms with Gasteiger partial charge in [-0.1, -0.05) is 0 Å². The molecular formula is C16H22N6OS. The van der Waals surface area contributed by atoms with Crippen molar-refractivity contribution < 1.29 is 4.79 Å². The first-order valence-electron chi connectivity index (χ1n) is 8.15. The molecule has 3 rings (SSSR count). The highest BCUT2D eigenvalue weighted by molar-refractivity contribution is 7.13. The van der Waals surface area contributed by atoms with Gasteiger partial charge in [0, 0.05) is 50.9 Å². The van der Waals surface area contributed by atoms with E-state index < -0.39 is 0 Å². The first kappa shape index (κ1) is 16.6. The maximum absolute atomic E-state index is 12.1. The summed E-state index contributed by atoms with van der Waals surface area (Å²) in [6.45, 7) is 3.23. The quantitative estimate of drug-likeness (QED) is 0.865. The zero-order valence-electron chi connectivity index (χ0n) is 13.8. The van der Waals surface area contributed by atoms with Crippen LogP contribution in [0, 0.1) is 0 Å². The molecule has 24 heavy (non-hydrogen) atoms. The molecule has 0 aliphatic carbocycles. The first-order valence-corrected chi connectivity index (χ1v) is 9.03. The molecule has 7 nitrogen and oxygen atoms in total. The largest absolute Gasteiger partial charge is 0.348 e. The van der Waals surface area contributed by atoms with Gasteiger partial charge in [0.2, 0.25) is 0 Å². The number of aromatic nitrogens is 3. The number of urea groups is 1. The molecule has 0 bridgehead atoms. The fourth-order valence-electron chi connectivity index (χ4n) is 2.62. The Balaban J connectivity index is 1.41. The van der Waals surface area contributed by atoms with Gasteiger partial charge in [-0.15, -0.1) is 11.3 Å². The highest BCUT2D eigenvalue weighted by Gasteiger charge is 2.15. The summed E-state index contributed by atoms with van der Waals surface area (Å²) in [5, 5.41) is 6.11. The van der Waals surface area contributed by atoms with Crippen LogP contribution in [0.15, 0.2) is 24.0 Å². The van der Waals surface area contributed by atoms with Crippen LogP contribution in [0.2, 0.25) is 0 Å². The molecule has 2 aromatic heterocycles. The van der Waals surface area contributed by atoms with E-state index in [9.17, 15) is 4.79 Å². The Bertz CT molecular complexity index is 656. The van der Waals surface area contributed by atoms with Gasteiger partial charge in [-0.05, 0) is 12.8 Å². The number of hydrogen-bond acceptors (Lipinski definition) is 6. The molecule has 0 unspecified atom stereocenters. The van der Waals surface area contributed by atoms with Gasteiger partial charge >= 0.3 is 6.03 Å². The van der Waals surface area contributed by atoms with Gasteiger partial charge in [-0.25, -0.2) is 9.78 Å². The summed E-state index contributed by atoms with van der Waals surface area (Å²) >= 11 is 1.69. The molecular weight excluding hydrogens is 324 g/mol. The van der Waals surface area contributed by atoms with Crippen molar-refractivity contribution in [2.75, 3.05) is 31.6 Å². The van der Waals surface area contributed by atoms with Gasteiger partial charge in [0.15, 0.2) is 5.13 Å². The molecule has 2 aromatic rings. The van der Waals surface area contributed by atoms with Crippen LogP contribution in [0.25, 0.3) is 0 Å². The minimum atomic E-state index is -0.115. The van der Waals surface area contributed by atoms with Gasteiger partial charge in [0.05, 0.1) is 24.1 Å². The highest BCUT2D eigenvalue weighted by Crippen LogP contribution is 2.24. The second kappa shape index (κ2) is 8.05. The molecule has 1 N–H and O–H groups in total. The summed E-state index contributed by atoms with van der Waals surface area (Å²) in [6, 6.07) is -0.115. The Hall–Kier alpha value is -2.22.